The Bertz CT molecular complexity index is 1460. The molecule has 4 aromatic rings. The van der Waals surface area contributed by atoms with E-state index in [-0.39, 0.29) is 11.3 Å². The molecule has 0 spiro atoms. The Kier molecular flexibility index (Phi) is 5.65. The van der Waals surface area contributed by atoms with E-state index in [1.54, 1.807) is 16.9 Å². The van der Waals surface area contributed by atoms with Gasteiger partial charge in [-0.1, -0.05) is 19.9 Å². The molecule has 0 unspecified atom stereocenters. The van der Waals surface area contributed by atoms with Crippen LogP contribution in [0.25, 0.3) is 26.5 Å². The zero-order chi connectivity index (χ0) is 24.9. The summed E-state index contributed by atoms with van der Waals surface area (Å²) in [5.41, 5.74) is 11.0. The largest absolute Gasteiger partial charge is 0.365 e. The Hall–Kier alpha value is -3.63. The van der Waals surface area contributed by atoms with Crippen LogP contribution in [-0.4, -0.2) is 55.9 Å². The number of anilines is 1. The van der Waals surface area contributed by atoms with Crippen molar-refractivity contribution < 1.29 is 9.59 Å². The molecule has 0 atom stereocenters. The number of aromatic nitrogens is 4. The van der Waals surface area contributed by atoms with Crippen LogP contribution in [0, 0.1) is 19.3 Å². The summed E-state index contributed by atoms with van der Waals surface area (Å²) in [7, 11) is 0. The Morgan fingerprint density at radius 1 is 1.14 bits per heavy atom. The number of aryl methyl sites for hydroxylation is 2. The highest BCUT2D eigenvalue weighted by Crippen LogP contribution is 2.42. The smallest absolute Gasteiger partial charge is 0.253 e. The lowest BCUT2D eigenvalue weighted by molar-refractivity contribution is -0.120. The monoisotopic (exact) mass is 489 g/mol. The van der Waals surface area contributed by atoms with E-state index in [2.05, 4.69) is 39.1 Å². The molecule has 1 saturated heterocycles. The maximum atomic E-state index is 12.7. The van der Waals surface area contributed by atoms with Crippen LogP contribution in [0.15, 0.2) is 36.8 Å². The zero-order valence-electron chi connectivity index (χ0n) is 20.1. The predicted molar refractivity (Wildman–Crippen MR) is 136 cm³/mol. The normalized spacial score (nSPS) is 15.2. The van der Waals surface area contributed by atoms with E-state index in [9.17, 15) is 9.59 Å². The number of carbonyl (C=O) groups is 2. The molecule has 3 N–H and O–H groups in total. The average Bonchev–Trinajstić information content (AvgIpc) is 3.33. The van der Waals surface area contributed by atoms with Crippen LogP contribution >= 0.6 is 11.3 Å². The fourth-order valence-electron chi connectivity index (χ4n) is 4.67. The number of nitrogens with two attached hydrogens (primary N) is 1. The van der Waals surface area contributed by atoms with Gasteiger partial charge in [-0.3, -0.25) is 24.5 Å². The number of nitrogens with zero attached hydrogens (tertiary/aromatic N) is 5. The summed E-state index contributed by atoms with van der Waals surface area (Å²) < 4.78 is 1.73. The molecule has 1 aliphatic heterocycles. The van der Waals surface area contributed by atoms with E-state index in [4.69, 9.17) is 5.73 Å². The van der Waals surface area contributed by atoms with Crippen molar-refractivity contribution in [1.82, 2.24) is 24.5 Å². The molecule has 2 amide bonds. The van der Waals surface area contributed by atoms with Gasteiger partial charge in [0.05, 0.1) is 40.8 Å². The van der Waals surface area contributed by atoms with Crippen molar-refractivity contribution in [2.75, 3.05) is 25.0 Å². The van der Waals surface area contributed by atoms with Crippen LogP contribution < -0.4 is 11.1 Å². The lowest BCUT2D eigenvalue weighted by atomic mass is 9.84. The third kappa shape index (κ3) is 4.30. The SMILES string of the molecule is Cc1ncccc1-c1sc2c(C(N)=O)cnn2c1-c1cc(NC(=O)CN2CC(C)(C)C2)cnc1C. The number of thiazole rings is 1. The first-order valence-corrected chi connectivity index (χ1v) is 12.2. The van der Waals surface area contributed by atoms with Gasteiger partial charge in [0.2, 0.25) is 5.91 Å². The molecular formula is C25H27N7O2S. The number of rotatable bonds is 6. The highest BCUT2D eigenvalue weighted by Gasteiger charge is 2.34. The molecule has 9 nitrogen and oxygen atoms in total. The maximum absolute atomic E-state index is 12.7. The van der Waals surface area contributed by atoms with Gasteiger partial charge in [0, 0.05) is 41.8 Å². The Morgan fingerprint density at radius 3 is 2.57 bits per heavy atom. The second-order valence-corrected chi connectivity index (χ2v) is 10.8. The first kappa shape index (κ1) is 23.1. The van der Waals surface area contributed by atoms with Crippen molar-refractivity contribution in [3.63, 3.8) is 0 Å². The first-order valence-electron chi connectivity index (χ1n) is 11.3. The van der Waals surface area contributed by atoms with Crippen molar-refractivity contribution in [1.29, 1.82) is 0 Å². The Morgan fingerprint density at radius 2 is 1.89 bits per heavy atom. The summed E-state index contributed by atoms with van der Waals surface area (Å²) >= 11 is 1.43. The summed E-state index contributed by atoms with van der Waals surface area (Å²) in [5, 5.41) is 7.46. The van der Waals surface area contributed by atoms with E-state index in [0.29, 0.717) is 22.6 Å². The van der Waals surface area contributed by atoms with E-state index >= 15 is 0 Å². The fraction of sp³-hybridized carbons (Fsp3) is 0.320. The highest BCUT2D eigenvalue weighted by molar-refractivity contribution is 7.21. The molecule has 0 saturated carbocycles. The first-order chi connectivity index (χ1) is 16.6. The van der Waals surface area contributed by atoms with E-state index in [0.717, 1.165) is 46.2 Å². The molecule has 5 heterocycles. The lowest BCUT2D eigenvalue weighted by Gasteiger charge is -2.45. The average molecular weight is 490 g/mol. The Balaban J connectivity index is 1.57. The standard InChI is InChI=1S/C25H27N7O2S/c1-14-17(6-5-7-27-14)22-21(32-24(35-22)19(10-29-32)23(26)34)18-8-16(9-28-15(18)2)30-20(33)11-31-12-25(3,4)13-31/h5-10H,11-13H2,1-4H3,(H2,26,34)(H,30,33). The molecule has 0 aromatic carbocycles. The third-order valence-electron chi connectivity index (χ3n) is 6.16. The number of amides is 2. The summed E-state index contributed by atoms with van der Waals surface area (Å²) in [6.07, 6.45) is 4.89. The molecule has 0 radical (unpaired) electrons. The number of hydrogen-bond donors (Lipinski definition) is 2. The van der Waals surface area contributed by atoms with Gasteiger partial charge >= 0.3 is 0 Å². The van der Waals surface area contributed by atoms with Crippen LogP contribution in [-0.2, 0) is 4.79 Å². The van der Waals surface area contributed by atoms with Gasteiger partial charge in [-0.05, 0) is 31.4 Å². The quantitative estimate of drug-likeness (QED) is 0.428. The van der Waals surface area contributed by atoms with Gasteiger partial charge in [-0.25, -0.2) is 4.52 Å². The maximum Gasteiger partial charge on any atom is 0.253 e. The Labute approximate surface area is 207 Å². The summed E-state index contributed by atoms with van der Waals surface area (Å²) in [6, 6.07) is 5.77. The van der Waals surface area contributed by atoms with Crippen molar-refractivity contribution in [2.45, 2.75) is 27.7 Å². The summed E-state index contributed by atoms with van der Waals surface area (Å²) in [4.78, 5) is 37.4. The van der Waals surface area contributed by atoms with Crippen molar-refractivity contribution in [3.8, 4) is 21.7 Å². The molecule has 180 valence electrons. The topological polar surface area (TPSA) is 119 Å². The molecule has 4 aromatic heterocycles. The lowest BCUT2D eigenvalue weighted by Crippen LogP contribution is -2.54. The molecule has 0 aliphatic carbocycles. The second-order valence-electron chi connectivity index (χ2n) is 9.77. The van der Waals surface area contributed by atoms with Gasteiger partial charge in [0.15, 0.2) is 0 Å². The minimum Gasteiger partial charge on any atom is -0.365 e. The summed E-state index contributed by atoms with van der Waals surface area (Å²) in [6.45, 7) is 10.4. The van der Waals surface area contributed by atoms with Crippen LogP contribution in [0.3, 0.4) is 0 Å². The molecule has 10 heteroatoms. The van der Waals surface area contributed by atoms with Crippen molar-refractivity contribution >= 4 is 33.7 Å². The van der Waals surface area contributed by atoms with Crippen molar-refractivity contribution in [3.05, 3.63) is 53.7 Å². The third-order valence-corrected chi connectivity index (χ3v) is 7.37. The van der Waals surface area contributed by atoms with E-state index < -0.39 is 5.91 Å². The van der Waals surface area contributed by atoms with Gasteiger partial charge < -0.3 is 11.1 Å². The second kappa shape index (κ2) is 8.54. The van der Waals surface area contributed by atoms with E-state index in [1.807, 2.05) is 32.0 Å². The zero-order valence-corrected chi connectivity index (χ0v) is 20.9. The van der Waals surface area contributed by atoms with E-state index in [1.165, 1.54) is 17.5 Å². The number of hydrogen-bond acceptors (Lipinski definition) is 7. The number of carbonyl (C=O) groups excluding carboxylic acids is 2. The van der Waals surface area contributed by atoms with Crippen LogP contribution in [0.5, 0.6) is 0 Å². The fourth-order valence-corrected chi connectivity index (χ4v) is 5.97. The highest BCUT2D eigenvalue weighted by atomic mass is 32.1. The van der Waals surface area contributed by atoms with Gasteiger partial charge in [-0.15, -0.1) is 11.3 Å². The minimum absolute atomic E-state index is 0.0778. The molecule has 5 rings (SSSR count). The number of primary amides is 1. The number of fused-ring (bicyclic) bond motifs is 1. The van der Waals surface area contributed by atoms with Gasteiger partial charge in [0.1, 0.15) is 4.83 Å². The van der Waals surface area contributed by atoms with Crippen molar-refractivity contribution in [2.24, 2.45) is 11.1 Å². The van der Waals surface area contributed by atoms with Crippen LogP contribution in [0.2, 0.25) is 0 Å². The molecule has 1 aliphatic rings. The molecule has 0 bridgehead atoms. The van der Waals surface area contributed by atoms with Crippen LogP contribution in [0.4, 0.5) is 5.69 Å². The predicted octanol–water partition coefficient (Wildman–Crippen LogP) is 3.52. The van der Waals surface area contributed by atoms with Gasteiger partial charge in [-0.2, -0.15) is 5.10 Å². The summed E-state index contributed by atoms with van der Waals surface area (Å²) in [5.74, 6) is -0.613. The number of nitrogens with one attached hydrogen (secondary N) is 1. The molecule has 1 fully saturated rings. The minimum atomic E-state index is -0.535. The van der Waals surface area contributed by atoms with Gasteiger partial charge in [0.25, 0.3) is 5.91 Å². The number of likely N-dealkylation sites (tertiary alicyclic amines) is 1. The molecular weight excluding hydrogens is 462 g/mol. The van der Waals surface area contributed by atoms with Crippen LogP contribution in [0.1, 0.15) is 35.6 Å². The number of pyridine rings is 2. The molecule has 35 heavy (non-hydrogen) atoms.